The van der Waals surface area contributed by atoms with E-state index in [0.717, 1.165) is 12.8 Å². The molecule has 0 aliphatic carbocycles. The van der Waals surface area contributed by atoms with Gasteiger partial charge < -0.3 is 4.74 Å². The number of allylic oxidation sites excluding steroid dienone is 1. The third-order valence-corrected chi connectivity index (χ3v) is 3.17. The average Bonchev–Trinajstić information content (AvgIpc) is 2.60. The molecule has 0 atom stereocenters. The Bertz CT molecular complexity index is 353. The van der Waals surface area contributed by atoms with E-state index in [4.69, 9.17) is 0 Å². The van der Waals surface area contributed by atoms with Gasteiger partial charge in [-0.3, -0.25) is 0 Å². The summed E-state index contributed by atoms with van der Waals surface area (Å²) in [5.41, 5.74) is 1.07. The van der Waals surface area contributed by atoms with E-state index < -0.39 is 11.9 Å². The van der Waals surface area contributed by atoms with Crippen LogP contribution < -0.4 is 0 Å². The lowest BCUT2D eigenvalue weighted by Crippen LogP contribution is -2.02. The molecule has 0 spiro atoms. The average molecular weight is 250 g/mol. The number of cyclic esters (lactones) is 2. The summed E-state index contributed by atoms with van der Waals surface area (Å²) in [6.07, 6.45) is 9.71. The van der Waals surface area contributed by atoms with Crippen LogP contribution in [-0.2, 0) is 14.3 Å². The monoisotopic (exact) mass is 250 g/mol. The van der Waals surface area contributed by atoms with Crippen LogP contribution in [0.2, 0.25) is 0 Å². The minimum absolute atomic E-state index is 0.426. The van der Waals surface area contributed by atoms with Gasteiger partial charge in [-0.15, -0.1) is 6.58 Å². The highest BCUT2D eigenvalue weighted by atomic mass is 16.6. The van der Waals surface area contributed by atoms with E-state index in [0.29, 0.717) is 24.0 Å². The molecule has 0 unspecified atom stereocenters. The standard InChI is InChI=1S/C15H22O3/c1-3-5-6-7-8-9-11-13-12(10-4-2)14(16)18-15(13)17/h4H,2-3,5-11H2,1H3. The Labute approximate surface area is 109 Å². The second kappa shape index (κ2) is 7.85. The van der Waals surface area contributed by atoms with Crippen molar-refractivity contribution >= 4 is 11.9 Å². The predicted molar refractivity (Wildman–Crippen MR) is 70.9 cm³/mol. The Balaban J connectivity index is 2.40. The van der Waals surface area contributed by atoms with Crippen LogP contribution in [0.5, 0.6) is 0 Å². The lowest BCUT2D eigenvalue weighted by molar-refractivity contribution is -0.151. The van der Waals surface area contributed by atoms with Crippen LogP contribution >= 0.6 is 0 Å². The molecule has 0 bridgehead atoms. The van der Waals surface area contributed by atoms with E-state index >= 15 is 0 Å². The minimum Gasteiger partial charge on any atom is -0.386 e. The van der Waals surface area contributed by atoms with E-state index in [2.05, 4.69) is 18.2 Å². The molecular weight excluding hydrogens is 228 g/mol. The van der Waals surface area contributed by atoms with Gasteiger partial charge in [0, 0.05) is 5.57 Å². The van der Waals surface area contributed by atoms with Gasteiger partial charge in [-0.2, -0.15) is 0 Å². The second-order valence-electron chi connectivity index (χ2n) is 4.64. The maximum absolute atomic E-state index is 11.5. The molecule has 1 rings (SSSR count). The molecule has 0 amide bonds. The van der Waals surface area contributed by atoms with Crippen molar-refractivity contribution in [3.8, 4) is 0 Å². The topological polar surface area (TPSA) is 43.4 Å². The predicted octanol–water partition coefficient (Wildman–Crippen LogP) is 3.69. The third kappa shape index (κ3) is 4.13. The van der Waals surface area contributed by atoms with Crippen LogP contribution in [0.4, 0.5) is 0 Å². The van der Waals surface area contributed by atoms with Crippen molar-refractivity contribution in [2.75, 3.05) is 0 Å². The van der Waals surface area contributed by atoms with Crippen molar-refractivity contribution in [3.05, 3.63) is 23.8 Å². The largest absolute Gasteiger partial charge is 0.386 e. The van der Waals surface area contributed by atoms with Crippen molar-refractivity contribution < 1.29 is 14.3 Å². The smallest absolute Gasteiger partial charge is 0.342 e. The van der Waals surface area contributed by atoms with Crippen molar-refractivity contribution in [2.24, 2.45) is 0 Å². The number of ether oxygens (including phenoxy) is 1. The first kappa shape index (κ1) is 14.7. The molecule has 0 aromatic rings. The van der Waals surface area contributed by atoms with Crippen LogP contribution in [-0.4, -0.2) is 11.9 Å². The Morgan fingerprint density at radius 1 is 1.00 bits per heavy atom. The molecule has 1 aliphatic rings. The van der Waals surface area contributed by atoms with Crippen LogP contribution in [0.3, 0.4) is 0 Å². The van der Waals surface area contributed by atoms with Gasteiger partial charge in [0.15, 0.2) is 0 Å². The normalized spacial score (nSPS) is 15.2. The van der Waals surface area contributed by atoms with Gasteiger partial charge in [-0.05, 0) is 19.3 Å². The SMILES string of the molecule is C=CCC1=C(CCCCCCCC)C(=O)OC1=O. The second-order valence-corrected chi connectivity index (χ2v) is 4.64. The summed E-state index contributed by atoms with van der Waals surface area (Å²) in [6.45, 7) is 5.78. The van der Waals surface area contributed by atoms with E-state index in [1.54, 1.807) is 6.08 Å². The number of carbonyl (C=O) groups is 2. The summed E-state index contributed by atoms with van der Waals surface area (Å²) >= 11 is 0. The first-order valence-corrected chi connectivity index (χ1v) is 6.80. The van der Waals surface area contributed by atoms with Gasteiger partial charge in [0.2, 0.25) is 0 Å². The fourth-order valence-corrected chi connectivity index (χ4v) is 2.14. The molecule has 0 saturated heterocycles. The molecule has 0 radical (unpaired) electrons. The van der Waals surface area contributed by atoms with Crippen LogP contribution in [0.15, 0.2) is 23.8 Å². The number of rotatable bonds is 9. The molecule has 100 valence electrons. The summed E-state index contributed by atoms with van der Waals surface area (Å²) in [5.74, 6) is -0.939. The number of unbranched alkanes of at least 4 members (excludes halogenated alkanes) is 5. The van der Waals surface area contributed by atoms with Crippen LogP contribution in [0.25, 0.3) is 0 Å². The van der Waals surface area contributed by atoms with Crippen molar-refractivity contribution in [1.29, 1.82) is 0 Å². The van der Waals surface area contributed by atoms with Crippen LogP contribution in [0, 0.1) is 0 Å². The maximum atomic E-state index is 11.5. The summed E-state index contributed by atoms with van der Waals surface area (Å²) in [7, 11) is 0. The minimum atomic E-state index is -0.485. The van der Waals surface area contributed by atoms with E-state index in [1.165, 1.54) is 25.7 Å². The molecule has 3 nitrogen and oxygen atoms in total. The van der Waals surface area contributed by atoms with Crippen molar-refractivity contribution in [1.82, 2.24) is 0 Å². The lowest BCUT2D eigenvalue weighted by atomic mass is 10.0. The Morgan fingerprint density at radius 2 is 1.61 bits per heavy atom. The highest BCUT2D eigenvalue weighted by Crippen LogP contribution is 2.25. The van der Waals surface area contributed by atoms with Gasteiger partial charge >= 0.3 is 11.9 Å². The number of hydrogen-bond acceptors (Lipinski definition) is 3. The summed E-state index contributed by atoms with van der Waals surface area (Å²) in [5, 5.41) is 0. The molecule has 18 heavy (non-hydrogen) atoms. The van der Waals surface area contributed by atoms with E-state index in [1.807, 2.05) is 0 Å². The molecule has 0 N–H and O–H groups in total. The van der Waals surface area contributed by atoms with Gasteiger partial charge in [0.05, 0.1) is 5.57 Å². The quantitative estimate of drug-likeness (QED) is 0.271. The Morgan fingerprint density at radius 3 is 2.28 bits per heavy atom. The molecular formula is C15H22O3. The zero-order valence-corrected chi connectivity index (χ0v) is 11.2. The molecule has 3 heteroatoms. The Hall–Kier alpha value is -1.38. The third-order valence-electron chi connectivity index (χ3n) is 3.17. The molecule has 0 saturated carbocycles. The first-order chi connectivity index (χ1) is 8.70. The van der Waals surface area contributed by atoms with Gasteiger partial charge in [0.1, 0.15) is 0 Å². The number of esters is 2. The van der Waals surface area contributed by atoms with Gasteiger partial charge in [-0.1, -0.05) is 45.1 Å². The molecule has 1 heterocycles. The molecule has 1 aliphatic heterocycles. The van der Waals surface area contributed by atoms with Crippen molar-refractivity contribution in [3.63, 3.8) is 0 Å². The van der Waals surface area contributed by atoms with Crippen molar-refractivity contribution in [2.45, 2.75) is 58.3 Å². The number of carbonyl (C=O) groups excluding carboxylic acids is 2. The molecule has 0 fully saturated rings. The Kier molecular flexibility index (Phi) is 6.40. The fourth-order valence-electron chi connectivity index (χ4n) is 2.14. The molecule has 0 aromatic carbocycles. The van der Waals surface area contributed by atoms with E-state index in [-0.39, 0.29) is 0 Å². The first-order valence-electron chi connectivity index (χ1n) is 6.80. The summed E-state index contributed by atoms with van der Waals surface area (Å²) < 4.78 is 4.63. The summed E-state index contributed by atoms with van der Waals surface area (Å²) in [6, 6.07) is 0. The zero-order chi connectivity index (χ0) is 13.4. The maximum Gasteiger partial charge on any atom is 0.342 e. The van der Waals surface area contributed by atoms with E-state index in [9.17, 15) is 9.59 Å². The van der Waals surface area contributed by atoms with Gasteiger partial charge in [0.25, 0.3) is 0 Å². The lowest BCUT2D eigenvalue weighted by Gasteiger charge is -2.01. The fraction of sp³-hybridized carbons (Fsp3) is 0.600. The molecule has 0 aromatic heterocycles. The summed E-state index contributed by atoms with van der Waals surface area (Å²) in [4.78, 5) is 22.9. The highest BCUT2D eigenvalue weighted by molar-refractivity contribution is 6.12. The van der Waals surface area contributed by atoms with Gasteiger partial charge in [-0.25, -0.2) is 9.59 Å². The van der Waals surface area contributed by atoms with Crippen LogP contribution in [0.1, 0.15) is 58.3 Å². The zero-order valence-electron chi connectivity index (χ0n) is 11.2. The number of hydrogen-bond donors (Lipinski definition) is 0. The highest BCUT2D eigenvalue weighted by Gasteiger charge is 2.31.